The second-order valence-corrected chi connectivity index (χ2v) is 6.81. The van der Waals surface area contributed by atoms with Crippen molar-refractivity contribution in [1.82, 2.24) is 4.90 Å². The first kappa shape index (κ1) is 18.2. The molecule has 0 fully saturated rings. The van der Waals surface area contributed by atoms with E-state index in [2.05, 4.69) is 12.2 Å². The van der Waals surface area contributed by atoms with Gasteiger partial charge in [-0.3, -0.25) is 9.59 Å². The summed E-state index contributed by atoms with van der Waals surface area (Å²) in [6.45, 7) is 9.42. The van der Waals surface area contributed by atoms with E-state index in [1.54, 1.807) is 29.2 Å². The lowest BCUT2D eigenvalue weighted by Crippen LogP contribution is -2.30. The van der Waals surface area contributed by atoms with E-state index >= 15 is 0 Å². The summed E-state index contributed by atoms with van der Waals surface area (Å²) in [4.78, 5) is 28.3. The lowest BCUT2D eigenvalue weighted by molar-refractivity contribution is 0.0773. The minimum Gasteiger partial charge on any atom is -0.339 e. The fourth-order valence-corrected chi connectivity index (χ4v) is 3.57. The summed E-state index contributed by atoms with van der Waals surface area (Å²) >= 11 is 1.51. The van der Waals surface area contributed by atoms with Gasteiger partial charge in [-0.15, -0.1) is 11.3 Å². The van der Waals surface area contributed by atoms with Crippen LogP contribution in [0.15, 0.2) is 30.3 Å². The summed E-state index contributed by atoms with van der Waals surface area (Å²) in [6, 6.07) is 9.01. The molecule has 0 aliphatic carbocycles. The third-order valence-corrected chi connectivity index (χ3v) is 5.16. The molecule has 1 aromatic heterocycles. The second kappa shape index (κ2) is 8.11. The molecule has 2 rings (SSSR count). The van der Waals surface area contributed by atoms with E-state index in [0.29, 0.717) is 29.2 Å². The Morgan fingerprint density at radius 2 is 1.71 bits per heavy atom. The highest BCUT2D eigenvalue weighted by atomic mass is 32.1. The fourth-order valence-electron chi connectivity index (χ4n) is 2.56. The Labute approximate surface area is 147 Å². The van der Waals surface area contributed by atoms with Crippen LogP contribution < -0.4 is 5.32 Å². The van der Waals surface area contributed by atoms with Gasteiger partial charge in [0.1, 0.15) is 0 Å². The third kappa shape index (κ3) is 4.03. The number of nitrogens with one attached hydrogen (secondary N) is 1. The van der Waals surface area contributed by atoms with Gasteiger partial charge in [0.05, 0.1) is 4.88 Å². The highest BCUT2D eigenvalue weighted by molar-refractivity contribution is 7.14. The van der Waals surface area contributed by atoms with Crippen molar-refractivity contribution in [3.05, 3.63) is 51.2 Å². The average molecular weight is 344 g/mol. The zero-order valence-corrected chi connectivity index (χ0v) is 15.5. The molecule has 1 aromatic carbocycles. The van der Waals surface area contributed by atoms with Crippen molar-refractivity contribution < 1.29 is 9.59 Å². The predicted octanol–water partition coefficient (Wildman–Crippen LogP) is 4.35. The third-order valence-electron chi connectivity index (χ3n) is 4.07. The molecule has 0 spiro atoms. The molecular weight excluding hydrogens is 320 g/mol. The fraction of sp³-hybridized carbons (Fsp3) is 0.368. The lowest BCUT2D eigenvalue weighted by Gasteiger charge is -2.18. The number of benzene rings is 1. The number of hydrogen-bond acceptors (Lipinski definition) is 3. The molecule has 2 aromatic rings. The summed E-state index contributed by atoms with van der Waals surface area (Å²) in [6.07, 6.45) is 0.928. The van der Waals surface area contributed by atoms with E-state index in [0.717, 1.165) is 6.42 Å². The van der Waals surface area contributed by atoms with E-state index in [1.165, 1.54) is 21.8 Å². The lowest BCUT2D eigenvalue weighted by atomic mass is 10.1. The molecule has 0 unspecified atom stereocenters. The monoisotopic (exact) mass is 344 g/mol. The topological polar surface area (TPSA) is 49.4 Å². The van der Waals surface area contributed by atoms with Crippen LogP contribution in [-0.4, -0.2) is 29.8 Å². The van der Waals surface area contributed by atoms with Crippen LogP contribution in [0.3, 0.4) is 0 Å². The summed E-state index contributed by atoms with van der Waals surface area (Å²) in [7, 11) is 0. The smallest absolute Gasteiger partial charge is 0.265 e. The molecule has 1 heterocycles. The number of carbonyl (C=O) groups excluding carboxylic acids is 2. The van der Waals surface area contributed by atoms with Crippen molar-refractivity contribution in [2.24, 2.45) is 0 Å². The van der Waals surface area contributed by atoms with Gasteiger partial charge in [-0.05, 0) is 63.1 Å². The minimum absolute atomic E-state index is 0.0133. The highest BCUT2D eigenvalue weighted by Crippen LogP contribution is 2.23. The van der Waals surface area contributed by atoms with Gasteiger partial charge in [-0.1, -0.05) is 6.92 Å². The Hall–Kier alpha value is -2.14. The summed E-state index contributed by atoms with van der Waals surface area (Å²) < 4.78 is 0. The van der Waals surface area contributed by atoms with Crippen LogP contribution in [0.25, 0.3) is 0 Å². The number of aryl methyl sites for hydroxylation is 2. The van der Waals surface area contributed by atoms with Crippen LogP contribution in [-0.2, 0) is 6.42 Å². The van der Waals surface area contributed by atoms with E-state index in [4.69, 9.17) is 0 Å². The predicted molar refractivity (Wildman–Crippen MR) is 100 cm³/mol. The van der Waals surface area contributed by atoms with Gasteiger partial charge < -0.3 is 10.2 Å². The van der Waals surface area contributed by atoms with Crippen molar-refractivity contribution in [2.75, 3.05) is 18.4 Å². The number of amides is 2. The molecule has 5 heteroatoms. The van der Waals surface area contributed by atoms with Crippen molar-refractivity contribution in [1.29, 1.82) is 0 Å². The second-order valence-electron chi connectivity index (χ2n) is 5.55. The zero-order valence-electron chi connectivity index (χ0n) is 14.7. The van der Waals surface area contributed by atoms with Gasteiger partial charge in [-0.2, -0.15) is 0 Å². The number of anilines is 1. The van der Waals surface area contributed by atoms with E-state index in [9.17, 15) is 9.59 Å². The Kier molecular flexibility index (Phi) is 6.15. The molecule has 0 aliphatic rings. The maximum absolute atomic E-state index is 12.3. The molecule has 0 saturated carbocycles. The minimum atomic E-state index is -0.106. The normalized spacial score (nSPS) is 10.5. The van der Waals surface area contributed by atoms with E-state index in [1.807, 2.05) is 26.8 Å². The zero-order chi connectivity index (χ0) is 17.7. The van der Waals surface area contributed by atoms with Crippen molar-refractivity contribution in [2.45, 2.75) is 34.1 Å². The van der Waals surface area contributed by atoms with Crippen molar-refractivity contribution in [3.8, 4) is 0 Å². The molecule has 128 valence electrons. The number of nitrogens with zero attached hydrogens (tertiary/aromatic N) is 1. The summed E-state index contributed by atoms with van der Waals surface area (Å²) in [5.74, 6) is -0.0926. The molecule has 2 amide bonds. The van der Waals surface area contributed by atoms with Crippen LogP contribution in [0.5, 0.6) is 0 Å². The number of thiophene rings is 1. The quantitative estimate of drug-likeness (QED) is 0.847. The van der Waals surface area contributed by atoms with Crippen LogP contribution in [0.4, 0.5) is 5.69 Å². The molecule has 0 atom stereocenters. The maximum atomic E-state index is 12.3. The number of carbonyl (C=O) groups is 2. The Morgan fingerprint density at radius 1 is 1.08 bits per heavy atom. The molecule has 0 radical (unpaired) electrons. The molecule has 24 heavy (non-hydrogen) atoms. The Balaban J connectivity index is 2.08. The number of hydrogen-bond donors (Lipinski definition) is 1. The van der Waals surface area contributed by atoms with Gasteiger partial charge in [-0.25, -0.2) is 0 Å². The van der Waals surface area contributed by atoms with Crippen LogP contribution in [0, 0.1) is 6.92 Å². The highest BCUT2D eigenvalue weighted by Gasteiger charge is 2.14. The summed E-state index contributed by atoms with van der Waals surface area (Å²) in [5.41, 5.74) is 2.54. The average Bonchev–Trinajstić information content (AvgIpc) is 2.97. The van der Waals surface area contributed by atoms with E-state index < -0.39 is 0 Å². The number of rotatable bonds is 6. The van der Waals surface area contributed by atoms with Gasteiger partial charge >= 0.3 is 0 Å². The van der Waals surface area contributed by atoms with Gasteiger partial charge in [0.25, 0.3) is 11.8 Å². The molecule has 4 nitrogen and oxygen atoms in total. The van der Waals surface area contributed by atoms with Crippen LogP contribution in [0.2, 0.25) is 0 Å². The van der Waals surface area contributed by atoms with Gasteiger partial charge in [0.15, 0.2) is 0 Å². The molecule has 1 N–H and O–H groups in total. The first-order valence-corrected chi connectivity index (χ1v) is 9.11. The SMILES string of the molecule is CCc1cc(C(=O)Nc2ccc(C(=O)N(CC)CC)cc2)sc1C. The molecule has 0 aliphatic heterocycles. The summed E-state index contributed by atoms with van der Waals surface area (Å²) in [5, 5.41) is 2.89. The first-order valence-electron chi connectivity index (χ1n) is 8.30. The van der Waals surface area contributed by atoms with Crippen LogP contribution >= 0.6 is 11.3 Å². The molecule has 0 saturated heterocycles. The Morgan fingerprint density at radius 3 is 2.21 bits per heavy atom. The molecular formula is C19H24N2O2S. The standard InChI is InChI=1S/C19H24N2O2S/c1-5-14-12-17(24-13(14)4)18(22)20-16-10-8-15(9-11-16)19(23)21(6-2)7-3/h8-12H,5-7H2,1-4H3,(H,20,22). The van der Waals surface area contributed by atoms with E-state index in [-0.39, 0.29) is 11.8 Å². The largest absolute Gasteiger partial charge is 0.339 e. The maximum Gasteiger partial charge on any atom is 0.265 e. The first-order chi connectivity index (χ1) is 11.5. The van der Waals surface area contributed by atoms with Crippen molar-refractivity contribution >= 4 is 28.8 Å². The Bertz CT molecular complexity index is 715. The van der Waals surface area contributed by atoms with Gasteiger partial charge in [0.2, 0.25) is 0 Å². The van der Waals surface area contributed by atoms with Gasteiger partial charge in [0, 0.05) is 29.2 Å². The molecule has 0 bridgehead atoms. The van der Waals surface area contributed by atoms with Crippen LogP contribution in [0.1, 0.15) is 51.2 Å². The van der Waals surface area contributed by atoms with Crippen molar-refractivity contribution in [3.63, 3.8) is 0 Å².